The Kier molecular flexibility index (Phi) is 14.3. The maximum absolute atomic E-state index is 6.12. The maximum Gasteiger partial charge on any atom is 0.122 e. The summed E-state index contributed by atoms with van der Waals surface area (Å²) < 4.78 is 6.12. The molecule has 3 heteroatoms. The molecule has 0 bridgehead atoms. The fourth-order valence-electron chi connectivity index (χ4n) is 5.02. The Morgan fingerprint density at radius 3 is 1.66 bits per heavy atom. The second kappa shape index (κ2) is 16.0. The first-order valence-corrected chi connectivity index (χ1v) is 12.8. The molecule has 0 fully saturated rings. The van der Waals surface area contributed by atoms with Crippen molar-refractivity contribution in [1.29, 1.82) is 0 Å². The summed E-state index contributed by atoms with van der Waals surface area (Å²) in [5, 5.41) is 0. The van der Waals surface area contributed by atoms with Crippen molar-refractivity contribution in [2.24, 2.45) is 11.8 Å². The zero-order valence-corrected chi connectivity index (χ0v) is 24.4. The van der Waals surface area contributed by atoms with Gasteiger partial charge in [0.1, 0.15) is 12.4 Å². The second-order valence-corrected chi connectivity index (χ2v) is 9.80. The summed E-state index contributed by atoms with van der Waals surface area (Å²) >= 11 is 0. The molecule has 2 atom stereocenters. The van der Waals surface area contributed by atoms with Gasteiger partial charge in [-0.1, -0.05) is 100 Å². The van der Waals surface area contributed by atoms with E-state index in [0.717, 1.165) is 18.1 Å². The van der Waals surface area contributed by atoms with Crippen LogP contribution in [0.3, 0.4) is 0 Å². The second-order valence-electron chi connectivity index (χ2n) is 9.80. The molecule has 0 unspecified atom stereocenters. The Bertz CT molecular complexity index is 1000. The zero-order valence-electron chi connectivity index (χ0n) is 22.4. The van der Waals surface area contributed by atoms with Crippen LogP contribution in [-0.2, 0) is 19.4 Å². The number of rotatable bonds is 12. The third-order valence-electron chi connectivity index (χ3n) is 7.03. The van der Waals surface area contributed by atoms with Crippen LogP contribution in [0.1, 0.15) is 72.9 Å². The lowest BCUT2D eigenvalue weighted by Gasteiger charge is -2.28. The third kappa shape index (κ3) is 9.61. The minimum atomic E-state index is 0. The van der Waals surface area contributed by atoms with Crippen molar-refractivity contribution in [2.45, 2.75) is 79.8 Å². The SMILES string of the molecule is CCC[C@@H](Cc1ccc(C)c(C)c1)[C@@H](CCC)Cc1ccc(OCc2ccccc2)c(C)c1.S.S. The van der Waals surface area contributed by atoms with Gasteiger partial charge in [-0.2, -0.15) is 27.0 Å². The van der Waals surface area contributed by atoms with Gasteiger partial charge in [0, 0.05) is 0 Å². The molecule has 0 radical (unpaired) electrons. The molecule has 0 N–H and O–H groups in total. The highest BCUT2D eigenvalue weighted by molar-refractivity contribution is 7.59. The van der Waals surface area contributed by atoms with E-state index in [0.29, 0.717) is 12.5 Å². The highest BCUT2D eigenvalue weighted by Gasteiger charge is 2.22. The van der Waals surface area contributed by atoms with Crippen molar-refractivity contribution >= 4 is 27.0 Å². The van der Waals surface area contributed by atoms with Crippen molar-refractivity contribution < 1.29 is 4.74 Å². The van der Waals surface area contributed by atoms with E-state index in [-0.39, 0.29) is 27.0 Å². The molecular formula is C32H46OS2. The Morgan fingerprint density at radius 2 is 1.14 bits per heavy atom. The van der Waals surface area contributed by atoms with Crippen molar-refractivity contribution in [1.82, 2.24) is 0 Å². The van der Waals surface area contributed by atoms with Crippen molar-refractivity contribution in [3.63, 3.8) is 0 Å². The Hall–Kier alpha value is -1.84. The van der Waals surface area contributed by atoms with Gasteiger partial charge in [-0.25, -0.2) is 0 Å². The van der Waals surface area contributed by atoms with E-state index < -0.39 is 0 Å². The average molecular weight is 511 g/mol. The molecule has 0 saturated heterocycles. The molecule has 0 saturated carbocycles. The maximum atomic E-state index is 6.12. The van der Waals surface area contributed by atoms with Crippen LogP contribution in [0.4, 0.5) is 0 Å². The first-order chi connectivity index (χ1) is 16.0. The lowest BCUT2D eigenvalue weighted by molar-refractivity contribution is 0.285. The molecule has 0 spiro atoms. The van der Waals surface area contributed by atoms with E-state index in [4.69, 9.17) is 4.74 Å². The molecule has 3 aromatic carbocycles. The van der Waals surface area contributed by atoms with E-state index in [9.17, 15) is 0 Å². The van der Waals surface area contributed by atoms with Gasteiger partial charge >= 0.3 is 0 Å². The van der Waals surface area contributed by atoms with Gasteiger partial charge in [0.2, 0.25) is 0 Å². The molecular weight excluding hydrogens is 464 g/mol. The van der Waals surface area contributed by atoms with Crippen LogP contribution in [0.15, 0.2) is 66.7 Å². The molecule has 192 valence electrons. The summed E-state index contributed by atoms with van der Waals surface area (Å²) in [6.45, 7) is 11.9. The number of benzene rings is 3. The van der Waals surface area contributed by atoms with Crippen molar-refractivity contribution in [3.8, 4) is 5.75 Å². The fourth-order valence-corrected chi connectivity index (χ4v) is 5.02. The molecule has 3 rings (SSSR count). The number of ether oxygens (including phenoxy) is 1. The summed E-state index contributed by atoms with van der Waals surface area (Å²) in [6.07, 6.45) is 7.44. The van der Waals surface area contributed by atoms with E-state index in [2.05, 4.69) is 95.3 Å². The standard InChI is InChI=1S/C32H42O.2H2S/c1-6-11-30(21-28-16-15-24(3)25(4)19-28)31(12-7-2)22-29-17-18-32(26(5)20-29)33-23-27-13-9-8-10-14-27;;/h8-10,13-20,30-31H,6-7,11-12,21-23H2,1-5H3;2*1H2/t30-,31-;;/m0../s1. The van der Waals surface area contributed by atoms with Gasteiger partial charge in [-0.3, -0.25) is 0 Å². The predicted octanol–water partition coefficient (Wildman–Crippen LogP) is 9.03. The van der Waals surface area contributed by atoms with Crippen LogP contribution in [-0.4, -0.2) is 0 Å². The largest absolute Gasteiger partial charge is 0.489 e. The smallest absolute Gasteiger partial charge is 0.122 e. The molecule has 0 aromatic heterocycles. The lowest BCUT2D eigenvalue weighted by Crippen LogP contribution is -2.20. The fraction of sp³-hybridized carbons (Fsp3) is 0.438. The van der Waals surface area contributed by atoms with Gasteiger partial charge in [0.15, 0.2) is 0 Å². The van der Waals surface area contributed by atoms with E-state index >= 15 is 0 Å². The van der Waals surface area contributed by atoms with E-state index in [1.807, 2.05) is 6.07 Å². The normalized spacial score (nSPS) is 12.3. The topological polar surface area (TPSA) is 9.23 Å². The van der Waals surface area contributed by atoms with Crippen molar-refractivity contribution in [2.75, 3.05) is 0 Å². The number of hydrogen-bond acceptors (Lipinski definition) is 1. The Balaban J connectivity index is 0.00000306. The Labute approximate surface area is 228 Å². The third-order valence-corrected chi connectivity index (χ3v) is 7.03. The quantitative estimate of drug-likeness (QED) is 0.236. The molecule has 0 aliphatic heterocycles. The summed E-state index contributed by atoms with van der Waals surface area (Å²) in [6, 6.07) is 24.3. The van der Waals surface area contributed by atoms with Gasteiger partial charge in [0.05, 0.1) is 0 Å². The van der Waals surface area contributed by atoms with Gasteiger partial charge in [0.25, 0.3) is 0 Å². The lowest BCUT2D eigenvalue weighted by atomic mass is 9.77. The summed E-state index contributed by atoms with van der Waals surface area (Å²) in [5.41, 5.74) is 8.19. The molecule has 3 aromatic rings. The number of aryl methyl sites for hydroxylation is 3. The molecule has 35 heavy (non-hydrogen) atoms. The van der Waals surface area contributed by atoms with Gasteiger partial charge < -0.3 is 4.74 Å². The number of hydrogen-bond donors (Lipinski definition) is 0. The van der Waals surface area contributed by atoms with Gasteiger partial charge in [-0.05, 0) is 84.9 Å². The highest BCUT2D eigenvalue weighted by atomic mass is 32.1. The van der Waals surface area contributed by atoms with Gasteiger partial charge in [-0.15, -0.1) is 0 Å². The van der Waals surface area contributed by atoms with Crippen LogP contribution in [0, 0.1) is 32.6 Å². The minimum Gasteiger partial charge on any atom is -0.489 e. The minimum absolute atomic E-state index is 0. The highest BCUT2D eigenvalue weighted by Crippen LogP contribution is 2.31. The van der Waals surface area contributed by atoms with E-state index in [1.165, 1.54) is 65.5 Å². The van der Waals surface area contributed by atoms with E-state index in [1.54, 1.807) is 0 Å². The monoisotopic (exact) mass is 510 g/mol. The van der Waals surface area contributed by atoms with Crippen LogP contribution < -0.4 is 4.74 Å². The molecule has 0 amide bonds. The van der Waals surface area contributed by atoms with Crippen LogP contribution in [0.5, 0.6) is 5.75 Å². The molecule has 0 aliphatic rings. The van der Waals surface area contributed by atoms with Crippen LogP contribution in [0.2, 0.25) is 0 Å². The Morgan fingerprint density at radius 1 is 0.600 bits per heavy atom. The summed E-state index contributed by atoms with van der Waals surface area (Å²) in [4.78, 5) is 0. The van der Waals surface area contributed by atoms with Crippen molar-refractivity contribution in [3.05, 3.63) is 100 Å². The molecule has 0 heterocycles. The molecule has 1 nitrogen and oxygen atoms in total. The predicted molar refractivity (Wildman–Crippen MR) is 163 cm³/mol. The van der Waals surface area contributed by atoms with Crippen LogP contribution >= 0.6 is 27.0 Å². The molecule has 0 aliphatic carbocycles. The zero-order chi connectivity index (χ0) is 23.6. The first kappa shape index (κ1) is 31.2. The summed E-state index contributed by atoms with van der Waals surface area (Å²) in [5.74, 6) is 2.44. The average Bonchev–Trinajstić information content (AvgIpc) is 2.81. The summed E-state index contributed by atoms with van der Waals surface area (Å²) in [7, 11) is 0. The van der Waals surface area contributed by atoms with Crippen LogP contribution in [0.25, 0.3) is 0 Å². The first-order valence-electron chi connectivity index (χ1n) is 12.8.